The van der Waals surface area contributed by atoms with Crippen molar-refractivity contribution in [3.05, 3.63) is 0 Å². The van der Waals surface area contributed by atoms with E-state index in [1.54, 1.807) is 7.11 Å². The van der Waals surface area contributed by atoms with Crippen molar-refractivity contribution >= 4 is 20.1 Å². The van der Waals surface area contributed by atoms with Crippen molar-refractivity contribution < 1.29 is 9.53 Å². The van der Waals surface area contributed by atoms with Gasteiger partial charge in [-0.1, -0.05) is 6.92 Å². The molecule has 1 atom stereocenters. The Bertz CT molecular complexity index is 120. The minimum atomic E-state index is -1.45. The zero-order chi connectivity index (χ0) is 9.61. The lowest BCUT2D eigenvalue weighted by atomic mass is 10.5. The minimum absolute atomic E-state index is 0.300. The van der Waals surface area contributed by atoms with E-state index in [0.29, 0.717) is 11.5 Å². The summed E-state index contributed by atoms with van der Waals surface area (Å²) >= 11 is 1.91. The molecule has 0 aliphatic heterocycles. The highest BCUT2D eigenvalue weighted by Crippen LogP contribution is 2.22. The van der Waals surface area contributed by atoms with Gasteiger partial charge in [0.25, 0.3) is 0 Å². The van der Waals surface area contributed by atoms with Crippen molar-refractivity contribution in [3.63, 3.8) is 0 Å². The molecule has 0 bridgehead atoms. The molecule has 4 heteroatoms. The Morgan fingerprint density at radius 1 is 1.50 bits per heavy atom. The standard InChI is InChI=1S/C8H20O2SSi/c1-8(11-7-5-6-9)12(3,4)10-2/h8-9H,5-7H2,1-4H3. The average molecular weight is 208 g/mol. The molecule has 0 aliphatic rings. The van der Waals surface area contributed by atoms with Crippen molar-refractivity contribution in [3.8, 4) is 0 Å². The number of rotatable bonds is 6. The van der Waals surface area contributed by atoms with Gasteiger partial charge in [0, 0.05) is 18.6 Å². The summed E-state index contributed by atoms with van der Waals surface area (Å²) in [5.41, 5.74) is 0. The molecule has 0 fully saturated rings. The lowest BCUT2D eigenvalue weighted by Gasteiger charge is -2.26. The Hall–Kier alpha value is 0.487. The van der Waals surface area contributed by atoms with E-state index in [9.17, 15) is 0 Å². The Morgan fingerprint density at radius 2 is 2.08 bits per heavy atom. The van der Waals surface area contributed by atoms with E-state index in [2.05, 4.69) is 20.0 Å². The first kappa shape index (κ1) is 12.5. The quantitative estimate of drug-likeness (QED) is 0.534. The summed E-state index contributed by atoms with van der Waals surface area (Å²) in [4.78, 5) is 0.606. The van der Waals surface area contributed by atoms with Crippen molar-refractivity contribution in [2.45, 2.75) is 31.3 Å². The maximum Gasteiger partial charge on any atom is 0.198 e. The lowest BCUT2D eigenvalue weighted by Crippen LogP contribution is -2.40. The van der Waals surface area contributed by atoms with Gasteiger partial charge in [-0.2, -0.15) is 11.8 Å². The van der Waals surface area contributed by atoms with Crippen LogP contribution in [0.4, 0.5) is 0 Å². The second-order valence-electron chi connectivity index (χ2n) is 3.40. The summed E-state index contributed by atoms with van der Waals surface area (Å²) in [6, 6.07) is 0. The van der Waals surface area contributed by atoms with Gasteiger partial charge in [-0.3, -0.25) is 0 Å². The minimum Gasteiger partial charge on any atom is -0.419 e. The smallest absolute Gasteiger partial charge is 0.198 e. The fraction of sp³-hybridized carbons (Fsp3) is 1.00. The number of hydrogen-bond acceptors (Lipinski definition) is 3. The van der Waals surface area contributed by atoms with Gasteiger partial charge in [0.2, 0.25) is 0 Å². The van der Waals surface area contributed by atoms with E-state index >= 15 is 0 Å². The molecular formula is C8H20O2SSi. The maximum absolute atomic E-state index is 8.61. The number of aliphatic hydroxyl groups is 1. The molecule has 0 heterocycles. The summed E-state index contributed by atoms with van der Waals surface area (Å²) in [5.74, 6) is 1.04. The first-order valence-electron chi connectivity index (χ1n) is 4.32. The molecule has 0 aromatic rings. The third kappa shape index (κ3) is 4.50. The molecule has 0 radical (unpaired) electrons. The Labute approximate surface area is 80.8 Å². The molecule has 0 spiro atoms. The summed E-state index contributed by atoms with van der Waals surface area (Å²) in [5, 5.41) is 8.61. The molecule has 0 aromatic carbocycles. The van der Waals surface area contributed by atoms with E-state index in [1.807, 2.05) is 11.8 Å². The van der Waals surface area contributed by atoms with Crippen LogP contribution in [0.25, 0.3) is 0 Å². The lowest BCUT2D eigenvalue weighted by molar-refractivity contribution is 0.296. The van der Waals surface area contributed by atoms with E-state index in [4.69, 9.17) is 9.53 Å². The number of aliphatic hydroxyl groups excluding tert-OH is 1. The summed E-state index contributed by atoms with van der Waals surface area (Å²) in [6.07, 6.45) is 0.892. The van der Waals surface area contributed by atoms with Crippen molar-refractivity contribution in [1.82, 2.24) is 0 Å². The number of thioether (sulfide) groups is 1. The Balaban J connectivity index is 3.63. The molecular weight excluding hydrogens is 188 g/mol. The van der Waals surface area contributed by atoms with E-state index in [-0.39, 0.29) is 0 Å². The molecule has 0 rings (SSSR count). The first-order chi connectivity index (χ1) is 5.54. The van der Waals surface area contributed by atoms with Gasteiger partial charge in [0.1, 0.15) is 0 Å². The van der Waals surface area contributed by atoms with Gasteiger partial charge < -0.3 is 9.53 Å². The summed E-state index contributed by atoms with van der Waals surface area (Å²) in [7, 11) is 0.352. The predicted molar refractivity (Wildman–Crippen MR) is 58.1 cm³/mol. The Morgan fingerprint density at radius 3 is 2.50 bits per heavy atom. The van der Waals surface area contributed by atoms with Crippen LogP contribution in [0.3, 0.4) is 0 Å². The van der Waals surface area contributed by atoms with Gasteiger partial charge in [0.05, 0.1) is 0 Å². The zero-order valence-electron chi connectivity index (χ0n) is 8.46. The van der Waals surface area contributed by atoms with Crippen LogP contribution in [0.1, 0.15) is 13.3 Å². The highest BCUT2D eigenvalue weighted by molar-refractivity contribution is 8.01. The predicted octanol–water partition coefficient (Wildman–Crippen LogP) is 1.88. The van der Waals surface area contributed by atoms with Crippen LogP contribution < -0.4 is 0 Å². The second-order valence-corrected chi connectivity index (χ2v) is 9.75. The fourth-order valence-electron chi connectivity index (χ4n) is 0.691. The molecule has 0 saturated heterocycles. The fourth-order valence-corrected chi connectivity index (χ4v) is 3.92. The number of hydrogen-bond donors (Lipinski definition) is 1. The molecule has 0 saturated carbocycles. The zero-order valence-corrected chi connectivity index (χ0v) is 10.3. The topological polar surface area (TPSA) is 29.5 Å². The summed E-state index contributed by atoms with van der Waals surface area (Å²) < 4.78 is 5.49. The van der Waals surface area contributed by atoms with Gasteiger partial charge in [-0.25, -0.2) is 0 Å². The third-order valence-electron chi connectivity index (χ3n) is 2.18. The molecule has 0 aliphatic carbocycles. The van der Waals surface area contributed by atoms with Gasteiger partial charge in [-0.15, -0.1) is 0 Å². The van der Waals surface area contributed by atoms with Crippen LogP contribution >= 0.6 is 11.8 Å². The normalized spacial score (nSPS) is 14.8. The van der Waals surface area contributed by atoms with Crippen LogP contribution in [0, 0.1) is 0 Å². The highest BCUT2D eigenvalue weighted by Gasteiger charge is 2.28. The van der Waals surface area contributed by atoms with Crippen molar-refractivity contribution in [2.75, 3.05) is 19.5 Å². The second kappa shape index (κ2) is 6.02. The highest BCUT2D eigenvalue weighted by atomic mass is 32.2. The molecule has 1 N–H and O–H groups in total. The van der Waals surface area contributed by atoms with Crippen LogP contribution in [0.15, 0.2) is 0 Å². The molecule has 74 valence electrons. The van der Waals surface area contributed by atoms with Gasteiger partial charge in [-0.05, 0) is 25.3 Å². The van der Waals surface area contributed by atoms with Gasteiger partial charge >= 0.3 is 0 Å². The monoisotopic (exact) mass is 208 g/mol. The maximum atomic E-state index is 8.61. The van der Waals surface area contributed by atoms with Crippen LogP contribution in [-0.4, -0.2) is 37.8 Å². The SMILES string of the molecule is CO[Si](C)(C)C(C)SCCCO. The molecule has 2 nitrogen and oxygen atoms in total. The van der Waals surface area contributed by atoms with Crippen molar-refractivity contribution in [2.24, 2.45) is 0 Å². The van der Waals surface area contributed by atoms with Gasteiger partial charge in [0.15, 0.2) is 8.32 Å². The van der Waals surface area contributed by atoms with Crippen molar-refractivity contribution in [1.29, 1.82) is 0 Å². The first-order valence-corrected chi connectivity index (χ1v) is 8.35. The molecule has 0 amide bonds. The molecule has 0 aromatic heterocycles. The van der Waals surface area contributed by atoms with Crippen LogP contribution in [0.5, 0.6) is 0 Å². The van der Waals surface area contributed by atoms with E-state index in [0.717, 1.165) is 12.2 Å². The van der Waals surface area contributed by atoms with E-state index < -0.39 is 8.32 Å². The molecule has 12 heavy (non-hydrogen) atoms. The van der Waals surface area contributed by atoms with Crippen LogP contribution in [-0.2, 0) is 4.43 Å². The third-order valence-corrected chi connectivity index (χ3v) is 8.41. The van der Waals surface area contributed by atoms with Crippen LogP contribution in [0.2, 0.25) is 13.1 Å². The van der Waals surface area contributed by atoms with E-state index in [1.165, 1.54) is 0 Å². The average Bonchev–Trinajstić information content (AvgIpc) is 2.05. The molecule has 1 unspecified atom stereocenters. The largest absolute Gasteiger partial charge is 0.419 e. The Kier molecular flexibility index (Phi) is 6.26. The summed E-state index contributed by atoms with van der Waals surface area (Å²) in [6.45, 7) is 6.97.